The van der Waals surface area contributed by atoms with Gasteiger partial charge in [-0.25, -0.2) is 0 Å². The summed E-state index contributed by atoms with van der Waals surface area (Å²) in [5.74, 6) is 0.710. The standard InChI is InChI=1S/C15H21BrN2/c16-15-9-12(13-5-6-17-10-13)3-4-14(15)11-18-7-1-2-8-18/h3-4,9,13,17H,1-2,5-8,10-11H2. The molecule has 1 aromatic carbocycles. The highest BCUT2D eigenvalue weighted by Crippen LogP contribution is 2.28. The van der Waals surface area contributed by atoms with Crippen LogP contribution in [0.2, 0.25) is 0 Å². The lowest BCUT2D eigenvalue weighted by atomic mass is 9.97. The topological polar surface area (TPSA) is 15.3 Å². The molecule has 18 heavy (non-hydrogen) atoms. The van der Waals surface area contributed by atoms with E-state index in [1.165, 1.54) is 48.0 Å². The van der Waals surface area contributed by atoms with Crippen molar-refractivity contribution in [2.75, 3.05) is 26.2 Å². The first-order chi connectivity index (χ1) is 8.83. The molecule has 0 saturated carbocycles. The van der Waals surface area contributed by atoms with Crippen LogP contribution in [0.3, 0.4) is 0 Å². The SMILES string of the molecule is Brc1cc(C2CCNC2)ccc1CN1CCCC1. The fourth-order valence-corrected chi connectivity index (χ4v) is 3.59. The molecule has 3 rings (SSSR count). The molecule has 0 spiro atoms. The smallest absolute Gasteiger partial charge is 0.0244 e. The third kappa shape index (κ3) is 2.79. The Hall–Kier alpha value is -0.380. The monoisotopic (exact) mass is 308 g/mol. The van der Waals surface area contributed by atoms with Gasteiger partial charge in [-0.15, -0.1) is 0 Å². The van der Waals surface area contributed by atoms with Crippen molar-refractivity contribution in [1.82, 2.24) is 10.2 Å². The van der Waals surface area contributed by atoms with Gasteiger partial charge in [0.1, 0.15) is 0 Å². The van der Waals surface area contributed by atoms with Crippen LogP contribution < -0.4 is 5.32 Å². The van der Waals surface area contributed by atoms with Gasteiger partial charge in [0.15, 0.2) is 0 Å². The quantitative estimate of drug-likeness (QED) is 0.923. The Morgan fingerprint density at radius 1 is 1.28 bits per heavy atom. The van der Waals surface area contributed by atoms with E-state index in [4.69, 9.17) is 0 Å². The lowest BCUT2D eigenvalue weighted by Gasteiger charge is -2.17. The average molecular weight is 309 g/mol. The van der Waals surface area contributed by atoms with E-state index < -0.39 is 0 Å². The van der Waals surface area contributed by atoms with Crippen molar-refractivity contribution in [1.29, 1.82) is 0 Å². The minimum Gasteiger partial charge on any atom is -0.316 e. The third-order valence-corrected chi connectivity index (χ3v) is 4.94. The summed E-state index contributed by atoms with van der Waals surface area (Å²) in [5.41, 5.74) is 2.92. The Labute approximate surface area is 118 Å². The van der Waals surface area contributed by atoms with Gasteiger partial charge in [-0.3, -0.25) is 4.90 Å². The molecule has 2 aliphatic rings. The maximum atomic E-state index is 3.75. The number of nitrogens with zero attached hydrogens (tertiary/aromatic N) is 1. The summed E-state index contributed by atoms with van der Waals surface area (Å²) < 4.78 is 1.29. The zero-order chi connectivity index (χ0) is 12.4. The van der Waals surface area contributed by atoms with Gasteiger partial charge >= 0.3 is 0 Å². The highest BCUT2D eigenvalue weighted by Gasteiger charge is 2.18. The van der Waals surface area contributed by atoms with Crippen LogP contribution in [-0.4, -0.2) is 31.1 Å². The Bertz CT molecular complexity index is 407. The fraction of sp³-hybridized carbons (Fsp3) is 0.600. The van der Waals surface area contributed by atoms with E-state index in [1.54, 1.807) is 0 Å². The molecule has 0 radical (unpaired) electrons. The van der Waals surface area contributed by atoms with E-state index in [2.05, 4.69) is 44.3 Å². The summed E-state index contributed by atoms with van der Waals surface area (Å²) in [6.07, 6.45) is 4.00. The van der Waals surface area contributed by atoms with Crippen LogP contribution in [0.1, 0.15) is 36.3 Å². The molecule has 1 aromatic rings. The van der Waals surface area contributed by atoms with Crippen molar-refractivity contribution in [3.63, 3.8) is 0 Å². The summed E-state index contributed by atoms with van der Waals surface area (Å²) in [6.45, 7) is 5.93. The molecule has 0 amide bonds. The number of hydrogen-bond donors (Lipinski definition) is 1. The molecule has 98 valence electrons. The van der Waals surface area contributed by atoms with Gasteiger partial charge in [0.25, 0.3) is 0 Å². The summed E-state index contributed by atoms with van der Waals surface area (Å²) in [4.78, 5) is 2.55. The third-order valence-electron chi connectivity index (χ3n) is 4.20. The molecule has 2 aliphatic heterocycles. The first-order valence-corrected chi connectivity index (χ1v) is 7.83. The van der Waals surface area contributed by atoms with Crippen molar-refractivity contribution in [2.24, 2.45) is 0 Å². The minimum absolute atomic E-state index is 0.710. The second kappa shape index (κ2) is 5.72. The summed E-state index contributed by atoms with van der Waals surface area (Å²) >= 11 is 3.75. The van der Waals surface area contributed by atoms with Gasteiger partial charge in [-0.05, 0) is 62.0 Å². The number of likely N-dealkylation sites (tertiary alicyclic amines) is 1. The van der Waals surface area contributed by atoms with E-state index >= 15 is 0 Å². The number of hydrogen-bond acceptors (Lipinski definition) is 2. The van der Waals surface area contributed by atoms with E-state index in [0.717, 1.165) is 19.6 Å². The maximum Gasteiger partial charge on any atom is 0.0244 e. The van der Waals surface area contributed by atoms with E-state index in [1.807, 2.05) is 0 Å². The predicted molar refractivity (Wildman–Crippen MR) is 78.9 cm³/mol. The second-order valence-electron chi connectivity index (χ2n) is 5.52. The highest BCUT2D eigenvalue weighted by atomic mass is 79.9. The zero-order valence-electron chi connectivity index (χ0n) is 10.8. The van der Waals surface area contributed by atoms with Crippen LogP contribution >= 0.6 is 15.9 Å². The lowest BCUT2D eigenvalue weighted by molar-refractivity contribution is 0.331. The number of halogens is 1. The molecule has 0 aliphatic carbocycles. The Morgan fingerprint density at radius 3 is 2.78 bits per heavy atom. The van der Waals surface area contributed by atoms with Crippen molar-refractivity contribution in [2.45, 2.75) is 31.7 Å². The molecule has 3 heteroatoms. The molecule has 0 bridgehead atoms. The predicted octanol–water partition coefficient (Wildman–Crippen LogP) is 3.12. The number of rotatable bonds is 3. The molecule has 2 fully saturated rings. The van der Waals surface area contributed by atoms with Gasteiger partial charge in [0.05, 0.1) is 0 Å². The van der Waals surface area contributed by atoms with Crippen molar-refractivity contribution in [3.05, 3.63) is 33.8 Å². The van der Waals surface area contributed by atoms with Crippen molar-refractivity contribution >= 4 is 15.9 Å². The average Bonchev–Trinajstić information content (AvgIpc) is 3.04. The number of benzene rings is 1. The summed E-state index contributed by atoms with van der Waals surface area (Å²) in [5, 5.41) is 3.44. The zero-order valence-corrected chi connectivity index (χ0v) is 12.4. The minimum atomic E-state index is 0.710. The van der Waals surface area contributed by atoms with Gasteiger partial charge in [-0.2, -0.15) is 0 Å². The lowest BCUT2D eigenvalue weighted by Crippen LogP contribution is -2.18. The van der Waals surface area contributed by atoms with Gasteiger partial charge < -0.3 is 5.32 Å². The maximum absolute atomic E-state index is 3.75. The molecule has 1 unspecified atom stereocenters. The summed E-state index contributed by atoms with van der Waals surface area (Å²) in [7, 11) is 0. The van der Waals surface area contributed by atoms with Crippen molar-refractivity contribution in [3.8, 4) is 0 Å². The molecule has 2 nitrogen and oxygen atoms in total. The first-order valence-electron chi connectivity index (χ1n) is 7.04. The normalized spacial score (nSPS) is 24.8. The largest absolute Gasteiger partial charge is 0.316 e. The molecule has 2 heterocycles. The van der Waals surface area contributed by atoms with Crippen LogP contribution in [-0.2, 0) is 6.54 Å². The molecular weight excluding hydrogens is 288 g/mol. The fourth-order valence-electron chi connectivity index (χ4n) is 3.07. The second-order valence-corrected chi connectivity index (χ2v) is 6.38. The van der Waals surface area contributed by atoms with Gasteiger partial charge in [0.2, 0.25) is 0 Å². The summed E-state index contributed by atoms with van der Waals surface area (Å²) in [6, 6.07) is 6.98. The number of nitrogens with one attached hydrogen (secondary N) is 1. The molecular formula is C15H21BrN2. The van der Waals surface area contributed by atoms with E-state index in [-0.39, 0.29) is 0 Å². The molecule has 1 N–H and O–H groups in total. The van der Waals surface area contributed by atoms with Crippen LogP contribution in [0, 0.1) is 0 Å². The van der Waals surface area contributed by atoms with Gasteiger partial charge in [0, 0.05) is 17.6 Å². The van der Waals surface area contributed by atoms with Crippen LogP contribution in [0.5, 0.6) is 0 Å². The van der Waals surface area contributed by atoms with Crippen molar-refractivity contribution < 1.29 is 0 Å². The Morgan fingerprint density at radius 2 is 2.11 bits per heavy atom. The highest BCUT2D eigenvalue weighted by molar-refractivity contribution is 9.10. The molecule has 1 atom stereocenters. The molecule has 0 aromatic heterocycles. The van der Waals surface area contributed by atoms with Crippen LogP contribution in [0.15, 0.2) is 22.7 Å². The van der Waals surface area contributed by atoms with Crippen LogP contribution in [0.4, 0.5) is 0 Å². The molecule has 2 saturated heterocycles. The Balaban J connectivity index is 1.71. The van der Waals surface area contributed by atoms with Crippen LogP contribution in [0.25, 0.3) is 0 Å². The van der Waals surface area contributed by atoms with Gasteiger partial charge in [-0.1, -0.05) is 28.1 Å². The van der Waals surface area contributed by atoms with E-state index in [0.29, 0.717) is 5.92 Å². The first kappa shape index (κ1) is 12.6. The van der Waals surface area contributed by atoms with E-state index in [9.17, 15) is 0 Å². The Kier molecular flexibility index (Phi) is 4.02.